The van der Waals surface area contributed by atoms with Crippen LogP contribution in [0.1, 0.15) is 0 Å². The van der Waals surface area contributed by atoms with Crippen molar-refractivity contribution in [3.8, 4) is 44.9 Å². The number of hydrogen-bond donors (Lipinski definition) is 0. The molecule has 5 aromatic carbocycles. The fourth-order valence-electron chi connectivity index (χ4n) is 7.32. The minimum absolute atomic E-state index is 0.886. The van der Waals surface area contributed by atoms with Crippen molar-refractivity contribution in [1.29, 1.82) is 0 Å². The first kappa shape index (κ1) is 27.4. The normalized spacial score (nSPS) is 11.7. The van der Waals surface area contributed by atoms with Crippen LogP contribution < -0.4 is 0 Å². The van der Waals surface area contributed by atoms with E-state index in [1.165, 1.54) is 16.3 Å². The Morgan fingerprint density at radius 2 is 1.04 bits per heavy atom. The van der Waals surface area contributed by atoms with Crippen molar-refractivity contribution in [3.63, 3.8) is 0 Å². The van der Waals surface area contributed by atoms with E-state index < -0.39 is 0 Å². The molecule has 0 aliphatic heterocycles. The number of imidazole rings is 1. The van der Waals surface area contributed by atoms with Crippen LogP contribution in [0.3, 0.4) is 0 Å². The highest BCUT2D eigenvalue weighted by molar-refractivity contribution is 6.21. The maximum Gasteiger partial charge on any atom is 0.138 e. The Hall–Kier alpha value is -6.72. The SMILES string of the molecule is c1ccc(-c2nc3ccccc3c3nc4ccc(-c5c6ccccc6c(-c6cccc(-c7ccncc7)n6)c6ccccc56)cn4c23)cc1. The molecule has 0 atom stereocenters. The van der Waals surface area contributed by atoms with Crippen molar-refractivity contribution in [2.45, 2.75) is 0 Å². The van der Waals surface area contributed by atoms with Crippen molar-refractivity contribution in [1.82, 2.24) is 24.3 Å². The molecule has 49 heavy (non-hydrogen) atoms. The Kier molecular flexibility index (Phi) is 6.11. The number of aromatic nitrogens is 5. The van der Waals surface area contributed by atoms with Gasteiger partial charge in [0.15, 0.2) is 0 Å². The summed E-state index contributed by atoms with van der Waals surface area (Å²) in [6.45, 7) is 0. The van der Waals surface area contributed by atoms with E-state index in [4.69, 9.17) is 15.0 Å². The molecule has 10 rings (SSSR count). The minimum atomic E-state index is 0.886. The highest BCUT2D eigenvalue weighted by Gasteiger charge is 2.20. The zero-order valence-corrected chi connectivity index (χ0v) is 26.3. The van der Waals surface area contributed by atoms with Gasteiger partial charge < -0.3 is 0 Å². The molecule has 0 fully saturated rings. The van der Waals surface area contributed by atoms with E-state index in [2.05, 4.69) is 137 Å². The van der Waals surface area contributed by atoms with Gasteiger partial charge in [-0.1, -0.05) is 103 Å². The van der Waals surface area contributed by atoms with Gasteiger partial charge in [0.05, 0.1) is 28.1 Å². The van der Waals surface area contributed by atoms with Crippen LogP contribution in [0.2, 0.25) is 0 Å². The van der Waals surface area contributed by atoms with Gasteiger partial charge in [0.1, 0.15) is 11.2 Å². The number of pyridine rings is 4. The van der Waals surface area contributed by atoms with E-state index in [9.17, 15) is 0 Å². The Bertz CT molecular complexity index is 2820. The molecule has 0 spiro atoms. The van der Waals surface area contributed by atoms with Gasteiger partial charge in [-0.3, -0.25) is 9.38 Å². The maximum atomic E-state index is 5.20. The van der Waals surface area contributed by atoms with Crippen LogP contribution in [0.5, 0.6) is 0 Å². The van der Waals surface area contributed by atoms with Gasteiger partial charge in [0.25, 0.3) is 0 Å². The Morgan fingerprint density at radius 3 is 1.78 bits per heavy atom. The predicted molar refractivity (Wildman–Crippen MR) is 200 cm³/mol. The number of nitrogens with zero attached hydrogens (tertiary/aromatic N) is 5. The van der Waals surface area contributed by atoms with Gasteiger partial charge in [-0.05, 0) is 75.1 Å². The summed E-state index contributed by atoms with van der Waals surface area (Å²) in [7, 11) is 0. The second-order valence-corrected chi connectivity index (χ2v) is 12.3. The summed E-state index contributed by atoms with van der Waals surface area (Å²) in [5.41, 5.74) is 12.1. The summed E-state index contributed by atoms with van der Waals surface area (Å²) < 4.78 is 2.23. The summed E-state index contributed by atoms with van der Waals surface area (Å²) in [6, 6.07) is 50.7. The molecule has 0 aliphatic rings. The van der Waals surface area contributed by atoms with Crippen LogP contribution in [0.25, 0.3) is 94.0 Å². The lowest BCUT2D eigenvalue weighted by Gasteiger charge is -2.18. The van der Waals surface area contributed by atoms with Crippen LogP contribution in [-0.4, -0.2) is 24.3 Å². The van der Waals surface area contributed by atoms with E-state index in [1.807, 2.05) is 36.7 Å². The largest absolute Gasteiger partial charge is 0.297 e. The molecule has 0 unspecified atom stereocenters. The third-order valence-electron chi connectivity index (χ3n) is 9.48. The van der Waals surface area contributed by atoms with Gasteiger partial charge in [0.2, 0.25) is 0 Å². The molecule has 0 N–H and O–H groups in total. The molecule has 5 heteroatoms. The summed E-state index contributed by atoms with van der Waals surface area (Å²) in [5, 5.41) is 5.70. The molecule has 0 bridgehead atoms. The van der Waals surface area contributed by atoms with Crippen LogP contribution in [0.15, 0.2) is 164 Å². The maximum absolute atomic E-state index is 5.20. The first-order valence-corrected chi connectivity index (χ1v) is 16.4. The van der Waals surface area contributed by atoms with E-state index in [0.29, 0.717) is 0 Å². The number of rotatable bonds is 4. The molecule has 0 aliphatic carbocycles. The van der Waals surface area contributed by atoms with Crippen molar-refractivity contribution in [2.75, 3.05) is 0 Å². The van der Waals surface area contributed by atoms with E-state index in [0.717, 1.165) is 77.7 Å². The van der Waals surface area contributed by atoms with Gasteiger partial charge >= 0.3 is 0 Å². The van der Waals surface area contributed by atoms with E-state index in [1.54, 1.807) is 0 Å². The van der Waals surface area contributed by atoms with E-state index >= 15 is 0 Å². The standard InChI is InChI=1S/C44H27N5/c1-2-11-29(12-3-1)42-44-43(35-17-8-9-18-37(35)47-42)48-39-22-21-30(27-49(39)44)40-31-13-4-6-15-33(31)41(34-16-7-5-14-32(34)40)38-20-10-19-36(46-38)28-23-25-45-26-24-28/h1-27H. The van der Waals surface area contributed by atoms with Crippen LogP contribution in [0, 0.1) is 0 Å². The topological polar surface area (TPSA) is 56.0 Å². The number of hydrogen-bond acceptors (Lipinski definition) is 4. The third-order valence-corrected chi connectivity index (χ3v) is 9.48. The van der Waals surface area contributed by atoms with Gasteiger partial charge in [-0.25, -0.2) is 15.0 Å². The van der Waals surface area contributed by atoms with Crippen molar-refractivity contribution < 1.29 is 0 Å². The van der Waals surface area contributed by atoms with Gasteiger partial charge in [-0.2, -0.15) is 0 Å². The molecule has 228 valence electrons. The second-order valence-electron chi connectivity index (χ2n) is 12.3. The van der Waals surface area contributed by atoms with Crippen molar-refractivity contribution in [3.05, 3.63) is 164 Å². The molecule has 0 saturated carbocycles. The summed E-state index contributed by atoms with van der Waals surface area (Å²) in [6.07, 6.45) is 5.86. The van der Waals surface area contributed by atoms with Crippen molar-refractivity contribution in [2.24, 2.45) is 0 Å². The predicted octanol–water partition coefficient (Wildman–Crippen LogP) is 10.8. The summed E-state index contributed by atoms with van der Waals surface area (Å²) in [5.74, 6) is 0. The second kappa shape index (κ2) is 10.9. The third kappa shape index (κ3) is 4.33. The number of benzene rings is 5. The smallest absolute Gasteiger partial charge is 0.138 e. The summed E-state index contributed by atoms with van der Waals surface area (Å²) in [4.78, 5) is 19.8. The monoisotopic (exact) mass is 625 g/mol. The Morgan fingerprint density at radius 1 is 0.408 bits per heavy atom. The van der Waals surface area contributed by atoms with Crippen molar-refractivity contribution >= 4 is 49.1 Å². The van der Waals surface area contributed by atoms with E-state index in [-0.39, 0.29) is 0 Å². The highest BCUT2D eigenvalue weighted by Crippen LogP contribution is 2.44. The first-order chi connectivity index (χ1) is 24.3. The Balaban J connectivity index is 1.27. The molecule has 0 amide bonds. The quantitative estimate of drug-likeness (QED) is 0.183. The number of para-hydroxylation sites is 1. The zero-order chi connectivity index (χ0) is 32.3. The Labute approximate surface area is 281 Å². The lowest BCUT2D eigenvalue weighted by Crippen LogP contribution is -1.95. The number of fused-ring (bicyclic) bond motifs is 7. The molecule has 5 nitrogen and oxygen atoms in total. The fraction of sp³-hybridized carbons (Fsp3) is 0. The molecule has 0 saturated heterocycles. The lowest BCUT2D eigenvalue weighted by atomic mass is 9.87. The summed E-state index contributed by atoms with van der Waals surface area (Å²) >= 11 is 0. The van der Waals surface area contributed by atoms with Crippen LogP contribution in [-0.2, 0) is 0 Å². The average Bonchev–Trinajstić information content (AvgIpc) is 3.56. The fourth-order valence-corrected chi connectivity index (χ4v) is 7.32. The molecular formula is C44H27N5. The average molecular weight is 626 g/mol. The molecular weight excluding hydrogens is 599 g/mol. The lowest BCUT2D eigenvalue weighted by molar-refractivity contribution is 1.22. The first-order valence-electron chi connectivity index (χ1n) is 16.4. The van der Waals surface area contributed by atoms with Crippen LogP contribution >= 0.6 is 0 Å². The van der Waals surface area contributed by atoms with Gasteiger partial charge in [-0.15, -0.1) is 0 Å². The molecule has 0 radical (unpaired) electrons. The molecule has 5 aromatic heterocycles. The van der Waals surface area contributed by atoms with Crippen LogP contribution in [0.4, 0.5) is 0 Å². The zero-order valence-electron chi connectivity index (χ0n) is 26.3. The van der Waals surface area contributed by atoms with Gasteiger partial charge in [0, 0.05) is 40.7 Å². The minimum Gasteiger partial charge on any atom is -0.297 e. The molecule has 10 aromatic rings. The highest BCUT2D eigenvalue weighted by atomic mass is 15.0. The molecule has 5 heterocycles.